The highest BCUT2D eigenvalue weighted by atomic mass is 28.3. The lowest BCUT2D eigenvalue weighted by molar-refractivity contribution is -0.218. The van der Waals surface area contributed by atoms with Gasteiger partial charge in [0.2, 0.25) is 0 Å². The van der Waals surface area contributed by atoms with E-state index in [9.17, 15) is 4.79 Å². The van der Waals surface area contributed by atoms with Crippen LogP contribution in [0.1, 0.15) is 49.9 Å². The maximum Gasteiger partial charge on any atom is 0.373 e. The zero-order chi connectivity index (χ0) is 19.4. The van der Waals surface area contributed by atoms with Gasteiger partial charge in [0.25, 0.3) is 0 Å². The Balaban J connectivity index is 2.27. The third-order valence-electron chi connectivity index (χ3n) is 4.65. The molecule has 145 valence electrons. The summed E-state index contributed by atoms with van der Waals surface area (Å²) >= 11 is 0. The number of rotatable bonds is 13. The normalized spacial score (nSPS) is 12.6. The number of hydrogen-bond donors (Lipinski definition) is 0. The fourth-order valence-corrected chi connectivity index (χ4v) is 3.75. The van der Waals surface area contributed by atoms with E-state index in [4.69, 9.17) is 14.5 Å². The monoisotopic (exact) mass is 377 g/mol. The lowest BCUT2D eigenvalue weighted by Gasteiger charge is -2.17. The Labute approximate surface area is 159 Å². The lowest BCUT2D eigenvalue weighted by Crippen LogP contribution is -2.39. The van der Waals surface area contributed by atoms with Crippen molar-refractivity contribution in [3.8, 4) is 0 Å². The van der Waals surface area contributed by atoms with Gasteiger partial charge in [-0.1, -0.05) is 69.2 Å². The minimum atomic E-state index is -1.61. The van der Waals surface area contributed by atoms with Crippen molar-refractivity contribution >= 4 is 19.2 Å². The van der Waals surface area contributed by atoms with Crippen LogP contribution in [0.15, 0.2) is 36.5 Å². The molecule has 0 spiro atoms. The highest BCUT2D eigenvalue weighted by Gasteiger charge is 2.19. The third kappa shape index (κ3) is 7.85. The molecule has 0 aliphatic carbocycles. The van der Waals surface area contributed by atoms with Crippen LogP contribution in [0.25, 0.3) is 0 Å². The summed E-state index contributed by atoms with van der Waals surface area (Å²) in [5, 5.41) is 1.22. The molecule has 1 radical (unpaired) electrons. The molecule has 4 nitrogen and oxygen atoms in total. The van der Waals surface area contributed by atoms with Gasteiger partial charge in [-0.2, -0.15) is 4.89 Å². The molecule has 1 atom stereocenters. The fraction of sp³-hybridized carbons (Fsp3) is 0.524. The van der Waals surface area contributed by atoms with Gasteiger partial charge in [0, 0.05) is 6.61 Å². The van der Waals surface area contributed by atoms with E-state index in [1.807, 2.05) is 17.8 Å². The van der Waals surface area contributed by atoms with E-state index in [1.54, 1.807) is 12.1 Å². The van der Waals surface area contributed by atoms with Crippen molar-refractivity contribution in [3.05, 3.63) is 48.7 Å². The predicted molar refractivity (Wildman–Crippen MR) is 109 cm³/mol. The molecule has 1 aromatic rings. The molecule has 0 saturated heterocycles. The summed E-state index contributed by atoms with van der Waals surface area (Å²) in [5.41, 5.74) is 2.48. The van der Waals surface area contributed by atoms with E-state index in [-0.39, 0.29) is 0 Å². The Bertz CT molecular complexity index is 539. The van der Waals surface area contributed by atoms with Gasteiger partial charge in [-0.05, 0) is 24.5 Å². The molecule has 0 heterocycles. The van der Waals surface area contributed by atoms with Crippen LogP contribution in [0.2, 0.25) is 13.1 Å². The maximum atomic E-state index is 12.0. The third-order valence-corrected chi connectivity index (χ3v) is 7.49. The highest BCUT2D eigenvalue weighted by molar-refractivity contribution is 6.93. The van der Waals surface area contributed by atoms with Crippen LogP contribution in [-0.2, 0) is 14.5 Å². The van der Waals surface area contributed by atoms with Crippen molar-refractivity contribution in [3.63, 3.8) is 0 Å². The van der Waals surface area contributed by atoms with Gasteiger partial charge in [-0.15, -0.1) is 6.58 Å². The average Bonchev–Trinajstić information content (AvgIpc) is 2.66. The zero-order valence-corrected chi connectivity index (χ0v) is 17.6. The average molecular weight is 378 g/mol. The summed E-state index contributed by atoms with van der Waals surface area (Å²) in [5.74, 6) is 0.0630. The number of benzene rings is 1. The number of ether oxygens (including phenoxy) is 1. The second-order valence-corrected chi connectivity index (χ2v) is 11.5. The molecule has 0 fully saturated rings. The second kappa shape index (κ2) is 12.0. The van der Waals surface area contributed by atoms with Crippen LogP contribution in [-0.4, -0.2) is 27.3 Å². The van der Waals surface area contributed by atoms with Crippen LogP contribution in [0.3, 0.4) is 0 Å². The summed E-state index contributed by atoms with van der Waals surface area (Å²) < 4.78 is 5.56. The molecule has 1 rings (SSSR count). The molecule has 0 N–H and O–H groups in total. The topological polar surface area (TPSA) is 44.8 Å². The van der Waals surface area contributed by atoms with Crippen molar-refractivity contribution in [1.82, 2.24) is 0 Å². The maximum absolute atomic E-state index is 12.0. The summed E-state index contributed by atoms with van der Waals surface area (Å²) in [6, 6.07) is 7.43. The van der Waals surface area contributed by atoms with E-state index in [2.05, 4.69) is 33.5 Å². The Morgan fingerprint density at radius 3 is 2.50 bits per heavy atom. The Hall–Kier alpha value is -1.43. The molecule has 0 aliphatic heterocycles. The van der Waals surface area contributed by atoms with Crippen molar-refractivity contribution in [1.29, 1.82) is 0 Å². The fourth-order valence-electron chi connectivity index (χ4n) is 2.49. The molecular formula is C21H33O4Si. The Morgan fingerprint density at radius 1 is 1.23 bits per heavy atom. The highest BCUT2D eigenvalue weighted by Crippen LogP contribution is 2.13. The van der Waals surface area contributed by atoms with Crippen molar-refractivity contribution in [2.24, 2.45) is 5.92 Å². The van der Waals surface area contributed by atoms with Gasteiger partial charge in [0.05, 0.1) is 12.2 Å². The number of carbonyl (C=O) groups is 1. The Morgan fingerprint density at radius 2 is 1.92 bits per heavy atom. The van der Waals surface area contributed by atoms with Gasteiger partial charge in [0.15, 0.2) is 6.61 Å². The molecule has 1 unspecified atom stereocenters. The van der Waals surface area contributed by atoms with Gasteiger partial charge in [-0.25, -0.2) is 4.79 Å². The summed E-state index contributed by atoms with van der Waals surface area (Å²) in [6.45, 7) is 15.0. The summed E-state index contributed by atoms with van der Waals surface area (Å²) in [7, 11) is -1.61. The standard InChI is InChI=1S/C21H33O4Si/c1-6-9-10-18(7-2)17-23-15-16-24-25-21(22)19-11-13-20(14-12-19)26(4,5)8-3/h8,11-14,16,18H,3,6-7,9-10,15,17H2,1-2,4-5H3. The Kier molecular flexibility index (Phi) is 10.5. The quantitative estimate of drug-likeness (QED) is 0.214. The van der Waals surface area contributed by atoms with Crippen molar-refractivity contribution in [2.75, 3.05) is 13.2 Å². The molecule has 0 aliphatic rings. The molecule has 0 aromatic heterocycles. The largest absolute Gasteiger partial charge is 0.378 e. The SMILES string of the molecule is C=C[Si](C)(C)c1ccc(C(=O)OO[CH]COCC(CC)CCCC)cc1. The molecule has 1 aromatic carbocycles. The first-order valence-corrected chi connectivity index (χ1v) is 12.5. The molecule has 0 amide bonds. The summed E-state index contributed by atoms with van der Waals surface area (Å²) in [4.78, 5) is 21.6. The van der Waals surface area contributed by atoms with Crippen LogP contribution in [0.5, 0.6) is 0 Å². The minimum Gasteiger partial charge on any atom is -0.378 e. The molecule has 5 heteroatoms. The predicted octanol–water partition coefficient (Wildman–Crippen LogP) is 4.81. The van der Waals surface area contributed by atoms with E-state index in [0.717, 1.165) is 6.42 Å². The minimum absolute atomic E-state index is 0.300. The zero-order valence-electron chi connectivity index (χ0n) is 16.6. The van der Waals surface area contributed by atoms with Crippen LogP contribution < -0.4 is 5.19 Å². The summed E-state index contributed by atoms with van der Waals surface area (Å²) in [6.07, 6.45) is 4.72. The van der Waals surface area contributed by atoms with E-state index < -0.39 is 14.0 Å². The van der Waals surface area contributed by atoms with Gasteiger partial charge < -0.3 is 4.74 Å². The smallest absolute Gasteiger partial charge is 0.373 e. The number of unbranched alkanes of at least 4 members (excludes halogenated alkanes) is 1. The lowest BCUT2D eigenvalue weighted by atomic mass is 10.0. The van der Waals surface area contributed by atoms with E-state index in [1.165, 1.54) is 31.1 Å². The molecular weight excluding hydrogens is 344 g/mol. The van der Waals surface area contributed by atoms with Crippen molar-refractivity contribution < 1.29 is 19.3 Å². The number of carbonyl (C=O) groups excluding carboxylic acids is 1. The molecule has 0 bridgehead atoms. The van der Waals surface area contributed by atoms with Gasteiger partial charge >= 0.3 is 5.97 Å². The molecule has 0 saturated carbocycles. The number of hydrogen-bond acceptors (Lipinski definition) is 4. The van der Waals surface area contributed by atoms with Crippen molar-refractivity contribution in [2.45, 2.75) is 52.6 Å². The van der Waals surface area contributed by atoms with Gasteiger partial charge in [0.1, 0.15) is 8.07 Å². The van der Waals surface area contributed by atoms with Crippen LogP contribution >= 0.6 is 0 Å². The van der Waals surface area contributed by atoms with E-state index >= 15 is 0 Å². The first-order valence-electron chi connectivity index (χ1n) is 9.45. The van der Waals surface area contributed by atoms with Gasteiger partial charge in [-0.3, -0.25) is 4.89 Å². The first-order chi connectivity index (χ1) is 12.4. The van der Waals surface area contributed by atoms with E-state index in [0.29, 0.717) is 24.7 Å². The van der Waals surface area contributed by atoms with Crippen LogP contribution in [0, 0.1) is 12.5 Å². The molecule has 26 heavy (non-hydrogen) atoms. The first kappa shape index (κ1) is 22.6. The second-order valence-electron chi connectivity index (χ2n) is 7.09. The van der Waals surface area contributed by atoms with Crippen LogP contribution in [0.4, 0.5) is 0 Å².